The lowest BCUT2D eigenvalue weighted by atomic mass is 9.89. The number of fused-ring (bicyclic) bond motifs is 1. The summed E-state index contributed by atoms with van der Waals surface area (Å²) in [6.45, 7) is 3.63. The molecule has 4 aromatic rings. The number of rotatable bonds is 7. The Labute approximate surface area is 205 Å². The second-order valence-corrected chi connectivity index (χ2v) is 9.72. The minimum atomic E-state index is 0.592. The molecule has 1 N–H and O–H groups in total. The molecule has 3 aromatic heterocycles. The van der Waals surface area contributed by atoms with Crippen molar-refractivity contribution in [3.63, 3.8) is 0 Å². The Morgan fingerprint density at radius 2 is 1.91 bits per heavy atom. The zero-order chi connectivity index (χ0) is 23.5. The summed E-state index contributed by atoms with van der Waals surface area (Å²) in [7, 11) is 0. The molecule has 7 nitrogen and oxygen atoms in total. The number of aromatic nitrogens is 4. The van der Waals surface area contributed by atoms with E-state index in [-0.39, 0.29) is 0 Å². The van der Waals surface area contributed by atoms with Crippen molar-refractivity contribution in [1.82, 2.24) is 24.5 Å². The molecule has 0 radical (unpaired) electrons. The van der Waals surface area contributed by atoms with Gasteiger partial charge in [-0.2, -0.15) is 4.52 Å². The van der Waals surface area contributed by atoms with Gasteiger partial charge in [0.25, 0.3) is 0 Å². The molecule has 0 saturated heterocycles. The van der Waals surface area contributed by atoms with Gasteiger partial charge < -0.3 is 9.73 Å². The fourth-order valence-electron chi connectivity index (χ4n) is 5.30. The van der Waals surface area contributed by atoms with Gasteiger partial charge in [-0.1, -0.05) is 55.7 Å². The van der Waals surface area contributed by atoms with Crippen LogP contribution in [-0.4, -0.2) is 44.1 Å². The van der Waals surface area contributed by atoms with Crippen molar-refractivity contribution in [2.75, 3.05) is 25.0 Å². The van der Waals surface area contributed by atoms with Crippen LogP contribution in [0, 0.1) is 5.92 Å². The molecule has 1 aromatic carbocycles. The fourth-order valence-corrected chi connectivity index (χ4v) is 5.30. The molecule has 2 aliphatic rings. The number of anilines is 1. The largest absolute Gasteiger partial charge is 0.461 e. The second kappa shape index (κ2) is 10.0. The smallest absolute Gasteiger partial charge is 0.225 e. The third kappa shape index (κ3) is 4.86. The van der Waals surface area contributed by atoms with Crippen molar-refractivity contribution in [3.05, 3.63) is 72.1 Å². The maximum absolute atomic E-state index is 5.59. The van der Waals surface area contributed by atoms with Gasteiger partial charge in [0.1, 0.15) is 0 Å². The number of benzene rings is 1. The zero-order valence-corrected chi connectivity index (χ0v) is 20.1. The Morgan fingerprint density at radius 3 is 2.69 bits per heavy atom. The number of nitrogens with zero attached hydrogens (tertiary/aromatic N) is 5. The van der Waals surface area contributed by atoms with E-state index in [2.05, 4.69) is 46.6 Å². The molecule has 0 unspecified atom stereocenters. The highest BCUT2D eigenvalue weighted by atomic mass is 16.3. The summed E-state index contributed by atoms with van der Waals surface area (Å²) >= 11 is 0. The Balaban J connectivity index is 1.24. The average molecular weight is 469 g/mol. The third-order valence-electron chi connectivity index (χ3n) is 7.28. The Morgan fingerprint density at radius 1 is 1.03 bits per heavy atom. The molecule has 0 atom stereocenters. The van der Waals surface area contributed by atoms with E-state index in [4.69, 9.17) is 19.5 Å². The van der Waals surface area contributed by atoms with Crippen LogP contribution in [-0.2, 0) is 6.54 Å². The molecule has 4 heterocycles. The van der Waals surface area contributed by atoms with Crippen molar-refractivity contribution >= 4 is 17.2 Å². The van der Waals surface area contributed by atoms with Crippen LogP contribution in [0.4, 0.5) is 5.95 Å². The summed E-state index contributed by atoms with van der Waals surface area (Å²) in [5.41, 5.74) is 4.67. The standard InChI is InChI=1S/C28H32N6O/c1-3-8-21(9-4-1)18-29-28-30-19-24(27-31-26(32-34(27)28)25-12-7-17-35-25)20-33-15-13-23(14-16-33)22-10-5-2-6-11-22/h2,5-7,10-13,17,19,21H,1,3-4,8-9,14-16,18,20H2,(H,29,30). The SMILES string of the molecule is C1=C(c2ccccc2)CCN(Cc2cnc(NCC3CCCCC3)n3nc(-c4ccco4)nc23)C1. The fraction of sp³-hybridized carbons (Fsp3) is 0.393. The maximum atomic E-state index is 5.59. The molecule has 180 valence electrons. The predicted molar refractivity (Wildman–Crippen MR) is 138 cm³/mol. The lowest BCUT2D eigenvalue weighted by Crippen LogP contribution is -2.28. The molecule has 7 heteroatoms. The molecule has 0 amide bonds. The van der Waals surface area contributed by atoms with Crippen LogP contribution in [0.25, 0.3) is 22.8 Å². The maximum Gasteiger partial charge on any atom is 0.225 e. The highest BCUT2D eigenvalue weighted by Gasteiger charge is 2.20. The summed E-state index contributed by atoms with van der Waals surface area (Å²) < 4.78 is 7.46. The zero-order valence-electron chi connectivity index (χ0n) is 20.1. The molecule has 1 fully saturated rings. The minimum absolute atomic E-state index is 0.592. The summed E-state index contributed by atoms with van der Waals surface area (Å²) in [5.74, 6) is 2.72. The van der Waals surface area contributed by atoms with Gasteiger partial charge in [-0.05, 0) is 48.4 Å². The molecule has 6 rings (SSSR count). The molecule has 1 saturated carbocycles. The van der Waals surface area contributed by atoms with Gasteiger partial charge in [-0.25, -0.2) is 9.97 Å². The van der Waals surface area contributed by atoms with Gasteiger partial charge in [-0.15, -0.1) is 5.10 Å². The van der Waals surface area contributed by atoms with Crippen molar-refractivity contribution in [2.24, 2.45) is 5.92 Å². The molecular weight excluding hydrogens is 436 g/mol. The van der Waals surface area contributed by atoms with E-state index < -0.39 is 0 Å². The summed E-state index contributed by atoms with van der Waals surface area (Å²) in [5, 5.41) is 8.35. The van der Waals surface area contributed by atoms with Crippen LogP contribution in [0.15, 0.2) is 65.4 Å². The Hall–Kier alpha value is -3.45. The summed E-state index contributed by atoms with van der Waals surface area (Å²) in [6.07, 6.45) is 13.6. The second-order valence-electron chi connectivity index (χ2n) is 9.72. The third-order valence-corrected chi connectivity index (χ3v) is 7.28. The first-order chi connectivity index (χ1) is 17.3. The first kappa shape index (κ1) is 22.0. The van der Waals surface area contributed by atoms with Crippen molar-refractivity contribution < 1.29 is 4.42 Å². The molecule has 0 bridgehead atoms. The monoisotopic (exact) mass is 468 g/mol. The van der Waals surface area contributed by atoms with Crippen LogP contribution < -0.4 is 5.32 Å². The van der Waals surface area contributed by atoms with Crippen molar-refractivity contribution in [3.8, 4) is 11.6 Å². The topological polar surface area (TPSA) is 71.5 Å². The lowest BCUT2D eigenvalue weighted by Gasteiger charge is -2.26. The molecule has 0 spiro atoms. The van der Waals surface area contributed by atoms with E-state index in [9.17, 15) is 0 Å². The highest BCUT2D eigenvalue weighted by Crippen LogP contribution is 2.27. The van der Waals surface area contributed by atoms with Crippen LogP contribution in [0.2, 0.25) is 0 Å². The van der Waals surface area contributed by atoms with Gasteiger partial charge in [-0.3, -0.25) is 4.90 Å². The quantitative estimate of drug-likeness (QED) is 0.377. The molecule has 1 aliphatic heterocycles. The Kier molecular flexibility index (Phi) is 6.32. The van der Waals surface area contributed by atoms with E-state index in [0.29, 0.717) is 17.5 Å². The van der Waals surface area contributed by atoms with Crippen LogP contribution in [0.1, 0.15) is 49.7 Å². The number of hydrogen-bond donors (Lipinski definition) is 1. The van der Waals surface area contributed by atoms with E-state index in [1.807, 2.05) is 22.8 Å². The predicted octanol–water partition coefficient (Wildman–Crippen LogP) is 5.67. The number of nitrogens with one attached hydrogen (secondary N) is 1. The van der Waals surface area contributed by atoms with Crippen LogP contribution in [0.5, 0.6) is 0 Å². The average Bonchev–Trinajstić information content (AvgIpc) is 3.61. The molecule has 35 heavy (non-hydrogen) atoms. The van der Waals surface area contributed by atoms with Crippen molar-refractivity contribution in [1.29, 1.82) is 0 Å². The minimum Gasteiger partial charge on any atom is -0.461 e. The molecular formula is C28H32N6O. The van der Waals surface area contributed by atoms with Crippen molar-refractivity contribution in [2.45, 2.75) is 45.1 Å². The van der Waals surface area contributed by atoms with Crippen LogP contribution >= 0.6 is 0 Å². The number of furan rings is 1. The van der Waals surface area contributed by atoms with Gasteiger partial charge in [0, 0.05) is 37.9 Å². The van der Waals surface area contributed by atoms with E-state index in [1.165, 1.54) is 43.2 Å². The normalized spacial score (nSPS) is 17.5. The lowest BCUT2D eigenvalue weighted by molar-refractivity contribution is 0.294. The molecule has 1 aliphatic carbocycles. The van der Waals surface area contributed by atoms with Gasteiger partial charge >= 0.3 is 0 Å². The van der Waals surface area contributed by atoms with E-state index in [1.54, 1.807) is 6.26 Å². The first-order valence-electron chi connectivity index (χ1n) is 12.8. The summed E-state index contributed by atoms with van der Waals surface area (Å²) in [4.78, 5) is 12.1. The number of hydrogen-bond acceptors (Lipinski definition) is 6. The Bertz CT molecular complexity index is 1290. The highest BCUT2D eigenvalue weighted by molar-refractivity contribution is 5.66. The van der Waals surface area contributed by atoms with Gasteiger partial charge in [0.05, 0.1) is 6.26 Å². The van der Waals surface area contributed by atoms with E-state index in [0.717, 1.165) is 49.8 Å². The van der Waals surface area contributed by atoms with Gasteiger partial charge in [0.2, 0.25) is 11.8 Å². The summed E-state index contributed by atoms with van der Waals surface area (Å²) in [6, 6.07) is 14.4. The van der Waals surface area contributed by atoms with Gasteiger partial charge in [0.15, 0.2) is 11.4 Å². The first-order valence-corrected chi connectivity index (χ1v) is 12.8. The van der Waals surface area contributed by atoms with E-state index >= 15 is 0 Å². The van der Waals surface area contributed by atoms with Crippen LogP contribution in [0.3, 0.4) is 0 Å².